The van der Waals surface area contributed by atoms with Crippen LogP contribution in [0.4, 0.5) is 14.6 Å². The Bertz CT molecular complexity index is 1710. The summed E-state index contributed by atoms with van der Waals surface area (Å²) < 4.78 is 58.9. The minimum atomic E-state index is -4.50. The molecule has 39 heavy (non-hydrogen) atoms. The number of fused-ring (bicyclic) bond motifs is 2. The van der Waals surface area contributed by atoms with E-state index in [1.807, 2.05) is 30.3 Å². The van der Waals surface area contributed by atoms with E-state index in [1.54, 1.807) is 12.3 Å². The molecule has 0 saturated carbocycles. The fraction of sp³-hybridized carbons (Fsp3) is 0.259. The van der Waals surface area contributed by atoms with Gasteiger partial charge in [-0.25, -0.2) is 27.2 Å². The zero-order valence-corrected chi connectivity index (χ0v) is 21.4. The van der Waals surface area contributed by atoms with Crippen molar-refractivity contribution in [3.63, 3.8) is 0 Å². The summed E-state index contributed by atoms with van der Waals surface area (Å²) in [6.07, 6.45) is 2.35. The number of carbonyl (C=O) groups excluding carboxylic acids is 1. The van der Waals surface area contributed by atoms with Crippen molar-refractivity contribution in [2.75, 3.05) is 24.6 Å². The Kier molecular flexibility index (Phi) is 6.34. The van der Waals surface area contributed by atoms with Gasteiger partial charge in [-0.05, 0) is 48.9 Å². The predicted molar refractivity (Wildman–Crippen MR) is 139 cm³/mol. The smallest absolute Gasteiger partial charge is 0.251 e. The van der Waals surface area contributed by atoms with E-state index in [0.717, 1.165) is 48.5 Å². The van der Waals surface area contributed by atoms with Crippen molar-refractivity contribution in [3.05, 3.63) is 71.8 Å². The number of pyridine rings is 3. The molecule has 6 rings (SSSR count). The standard InChI is InChI=1S/C27H23F2N5O4S/c28-19-11-17(12-23-26(19)38-10-7-24(29)39(23,36)37)27(35)31-15-18-13-22-16(14-30-18)5-6-21(32-22)20-3-1-4-25(33-20)34-8-2-9-34/h1,3-6,11-14,24H,2,7-10,15H2,(H,31,35)/t24-/m1/s1. The minimum absolute atomic E-state index is 0.0307. The van der Waals surface area contributed by atoms with Crippen LogP contribution in [0.5, 0.6) is 5.75 Å². The van der Waals surface area contributed by atoms with Gasteiger partial charge in [-0.3, -0.25) is 9.78 Å². The third-order valence-corrected chi connectivity index (χ3v) is 8.57. The summed E-state index contributed by atoms with van der Waals surface area (Å²) in [5.41, 5.74) is 0.0497. The molecule has 0 radical (unpaired) electrons. The first kappa shape index (κ1) is 25.1. The van der Waals surface area contributed by atoms with Crippen molar-refractivity contribution in [2.24, 2.45) is 0 Å². The molecule has 0 unspecified atom stereocenters. The average Bonchev–Trinajstić information content (AvgIpc) is 3.01. The van der Waals surface area contributed by atoms with E-state index in [9.17, 15) is 22.0 Å². The first-order valence-electron chi connectivity index (χ1n) is 12.4. The first-order chi connectivity index (χ1) is 18.8. The number of nitrogens with zero attached hydrogens (tertiary/aromatic N) is 4. The summed E-state index contributed by atoms with van der Waals surface area (Å²) in [5, 5.41) is 3.40. The molecule has 12 heteroatoms. The summed E-state index contributed by atoms with van der Waals surface area (Å²) in [6, 6.07) is 13.1. The highest BCUT2D eigenvalue weighted by Gasteiger charge is 2.35. The summed E-state index contributed by atoms with van der Waals surface area (Å²) in [4.78, 5) is 28.1. The van der Waals surface area contributed by atoms with Gasteiger partial charge >= 0.3 is 0 Å². The molecule has 1 atom stereocenters. The predicted octanol–water partition coefficient (Wildman–Crippen LogP) is 3.82. The van der Waals surface area contributed by atoms with Gasteiger partial charge in [0, 0.05) is 36.7 Å². The molecule has 200 valence electrons. The monoisotopic (exact) mass is 551 g/mol. The van der Waals surface area contributed by atoms with Crippen LogP contribution in [0.2, 0.25) is 0 Å². The quantitative estimate of drug-likeness (QED) is 0.398. The third-order valence-electron chi connectivity index (χ3n) is 6.74. The Morgan fingerprint density at radius 3 is 2.72 bits per heavy atom. The fourth-order valence-electron chi connectivity index (χ4n) is 4.45. The lowest BCUT2D eigenvalue weighted by Gasteiger charge is -2.32. The summed E-state index contributed by atoms with van der Waals surface area (Å²) >= 11 is 0. The van der Waals surface area contributed by atoms with Crippen LogP contribution >= 0.6 is 0 Å². The first-order valence-corrected chi connectivity index (χ1v) is 13.9. The van der Waals surface area contributed by atoms with E-state index in [2.05, 4.69) is 15.2 Å². The second-order valence-corrected chi connectivity index (χ2v) is 11.4. The molecule has 5 heterocycles. The molecule has 0 spiro atoms. The van der Waals surface area contributed by atoms with E-state index in [1.165, 1.54) is 0 Å². The maximum Gasteiger partial charge on any atom is 0.251 e. The number of amides is 1. The van der Waals surface area contributed by atoms with Gasteiger partial charge in [-0.15, -0.1) is 0 Å². The van der Waals surface area contributed by atoms with Gasteiger partial charge in [0.25, 0.3) is 5.91 Å². The number of alkyl halides is 1. The lowest BCUT2D eigenvalue weighted by atomic mass is 10.1. The van der Waals surface area contributed by atoms with Gasteiger partial charge in [0.2, 0.25) is 15.3 Å². The number of aromatic nitrogens is 3. The number of nitrogens with one attached hydrogen (secondary N) is 1. The van der Waals surface area contributed by atoms with Crippen LogP contribution in [0, 0.1) is 5.82 Å². The number of rotatable bonds is 5. The van der Waals surface area contributed by atoms with Crippen LogP contribution in [0.15, 0.2) is 59.6 Å². The molecule has 2 aliphatic heterocycles. The molecule has 1 aromatic carbocycles. The van der Waals surface area contributed by atoms with E-state index < -0.39 is 44.1 Å². The maximum atomic E-state index is 14.6. The Morgan fingerprint density at radius 2 is 1.92 bits per heavy atom. The van der Waals surface area contributed by atoms with Crippen molar-refractivity contribution in [2.45, 2.75) is 29.8 Å². The minimum Gasteiger partial charge on any atom is -0.489 e. The molecular weight excluding hydrogens is 528 g/mol. The van der Waals surface area contributed by atoms with Crippen LogP contribution in [0.3, 0.4) is 0 Å². The number of hydrogen-bond acceptors (Lipinski definition) is 8. The van der Waals surface area contributed by atoms with Crippen molar-refractivity contribution in [1.82, 2.24) is 20.3 Å². The van der Waals surface area contributed by atoms with Crippen molar-refractivity contribution < 1.29 is 26.7 Å². The maximum absolute atomic E-state index is 14.6. The molecule has 1 saturated heterocycles. The van der Waals surface area contributed by atoms with Gasteiger partial charge < -0.3 is 15.0 Å². The molecule has 1 fully saturated rings. The number of sulfone groups is 1. The highest BCUT2D eigenvalue weighted by atomic mass is 32.2. The third kappa shape index (κ3) is 4.76. The van der Waals surface area contributed by atoms with E-state index in [-0.39, 0.29) is 18.7 Å². The molecule has 4 aromatic rings. The Balaban J connectivity index is 1.22. The lowest BCUT2D eigenvalue weighted by Crippen LogP contribution is -2.37. The van der Waals surface area contributed by atoms with E-state index >= 15 is 0 Å². The number of anilines is 1. The van der Waals surface area contributed by atoms with Gasteiger partial charge in [-0.2, -0.15) is 0 Å². The molecule has 1 amide bonds. The molecule has 9 nitrogen and oxygen atoms in total. The van der Waals surface area contributed by atoms with Crippen LogP contribution in [-0.2, 0) is 16.4 Å². The molecule has 2 aliphatic rings. The summed E-state index contributed by atoms with van der Waals surface area (Å²) in [6.45, 7) is 1.65. The number of hydrogen-bond donors (Lipinski definition) is 1. The Morgan fingerprint density at radius 1 is 1.10 bits per heavy atom. The summed E-state index contributed by atoms with van der Waals surface area (Å²) in [5.74, 6) is -1.46. The lowest BCUT2D eigenvalue weighted by molar-refractivity contribution is 0.0949. The Labute approximate surface area is 222 Å². The van der Waals surface area contributed by atoms with Gasteiger partial charge in [0.15, 0.2) is 11.6 Å². The zero-order chi connectivity index (χ0) is 27.1. The van der Waals surface area contributed by atoms with Crippen molar-refractivity contribution in [1.29, 1.82) is 0 Å². The van der Waals surface area contributed by atoms with Crippen LogP contribution < -0.4 is 15.0 Å². The fourth-order valence-corrected chi connectivity index (χ4v) is 5.84. The molecular formula is C27H23F2N5O4S. The zero-order valence-electron chi connectivity index (χ0n) is 20.6. The number of benzene rings is 1. The molecule has 0 aliphatic carbocycles. The van der Waals surface area contributed by atoms with Crippen LogP contribution in [0.25, 0.3) is 22.3 Å². The van der Waals surface area contributed by atoms with Gasteiger partial charge in [0.1, 0.15) is 10.7 Å². The van der Waals surface area contributed by atoms with Gasteiger partial charge in [0.05, 0.1) is 35.8 Å². The van der Waals surface area contributed by atoms with Gasteiger partial charge in [-0.1, -0.05) is 6.07 Å². The van der Waals surface area contributed by atoms with Crippen molar-refractivity contribution >= 4 is 32.5 Å². The normalized spacial score (nSPS) is 18.0. The number of halogens is 2. The average molecular weight is 552 g/mol. The van der Waals surface area contributed by atoms with Crippen molar-refractivity contribution in [3.8, 4) is 17.1 Å². The van der Waals surface area contributed by atoms with Crippen LogP contribution in [-0.4, -0.2) is 54.5 Å². The topological polar surface area (TPSA) is 114 Å². The molecule has 3 aromatic heterocycles. The largest absolute Gasteiger partial charge is 0.489 e. The highest BCUT2D eigenvalue weighted by molar-refractivity contribution is 7.92. The summed E-state index contributed by atoms with van der Waals surface area (Å²) in [7, 11) is -4.50. The van der Waals surface area contributed by atoms with E-state index in [0.29, 0.717) is 16.9 Å². The molecule has 1 N–H and O–H groups in total. The second-order valence-electron chi connectivity index (χ2n) is 9.35. The SMILES string of the molecule is O=C(NCc1cc2nc(-c3cccc(N4CCC4)n3)ccc2cn1)c1cc(F)c2c(c1)S(=O)(=O)[C@@H](F)CCO2. The number of carbonyl (C=O) groups is 1. The second kappa shape index (κ2) is 9.84. The Hall–Kier alpha value is -4.19. The molecule has 0 bridgehead atoms. The highest BCUT2D eigenvalue weighted by Crippen LogP contribution is 2.35. The van der Waals surface area contributed by atoms with E-state index in [4.69, 9.17) is 14.7 Å². The van der Waals surface area contributed by atoms with Crippen LogP contribution in [0.1, 0.15) is 28.9 Å². The number of ether oxygens (including phenoxy) is 1.